The number of nitrogens with zero attached hydrogens (tertiary/aromatic N) is 1. The summed E-state index contributed by atoms with van der Waals surface area (Å²) in [7, 11) is 0. The third kappa shape index (κ3) is 3.06. The van der Waals surface area contributed by atoms with Crippen LogP contribution in [0.3, 0.4) is 0 Å². The van der Waals surface area contributed by atoms with Gasteiger partial charge in [-0.3, -0.25) is 0 Å². The number of thiazole rings is 1. The maximum atomic E-state index is 5.78. The van der Waals surface area contributed by atoms with Crippen molar-refractivity contribution in [2.24, 2.45) is 0 Å². The van der Waals surface area contributed by atoms with E-state index in [1.54, 1.807) is 11.3 Å². The predicted octanol–water partition coefficient (Wildman–Crippen LogP) is 2.98. The van der Waals surface area contributed by atoms with E-state index in [2.05, 4.69) is 38.0 Å². The standard InChI is InChI=1S/C13H22N2OS/c1-9(12-10(2)17-11(3)15-12)14-8-13(4)6-5-7-16-13/h9,14H,5-8H2,1-4H3. The van der Waals surface area contributed by atoms with E-state index in [1.807, 2.05) is 0 Å². The Labute approximate surface area is 108 Å². The summed E-state index contributed by atoms with van der Waals surface area (Å²) in [4.78, 5) is 5.91. The highest BCUT2D eigenvalue weighted by molar-refractivity contribution is 7.11. The van der Waals surface area contributed by atoms with Gasteiger partial charge in [-0.15, -0.1) is 11.3 Å². The third-order valence-electron chi connectivity index (χ3n) is 3.43. The Morgan fingerprint density at radius 2 is 2.29 bits per heavy atom. The number of rotatable bonds is 4. The van der Waals surface area contributed by atoms with Crippen LogP contribution in [-0.4, -0.2) is 23.7 Å². The largest absolute Gasteiger partial charge is 0.374 e. The van der Waals surface area contributed by atoms with Gasteiger partial charge in [0.25, 0.3) is 0 Å². The van der Waals surface area contributed by atoms with Gasteiger partial charge in [-0.1, -0.05) is 0 Å². The molecule has 3 nitrogen and oxygen atoms in total. The molecule has 0 aromatic carbocycles. The lowest BCUT2D eigenvalue weighted by atomic mass is 10.0. The first-order valence-electron chi connectivity index (χ1n) is 6.31. The van der Waals surface area contributed by atoms with Crippen LogP contribution in [-0.2, 0) is 4.74 Å². The van der Waals surface area contributed by atoms with Gasteiger partial charge in [0.1, 0.15) is 0 Å². The van der Waals surface area contributed by atoms with Gasteiger partial charge < -0.3 is 10.1 Å². The Bertz CT molecular complexity index is 383. The van der Waals surface area contributed by atoms with Crippen molar-refractivity contribution in [1.82, 2.24) is 10.3 Å². The van der Waals surface area contributed by atoms with Crippen LogP contribution < -0.4 is 5.32 Å². The molecule has 0 bridgehead atoms. The second-order valence-electron chi connectivity index (χ2n) is 5.18. The van der Waals surface area contributed by atoms with Crippen LogP contribution in [0.1, 0.15) is 48.3 Å². The molecule has 0 aliphatic carbocycles. The lowest BCUT2D eigenvalue weighted by Crippen LogP contribution is -2.38. The van der Waals surface area contributed by atoms with Gasteiger partial charge in [-0.2, -0.15) is 0 Å². The molecule has 4 heteroatoms. The zero-order valence-corrected chi connectivity index (χ0v) is 12.0. The lowest BCUT2D eigenvalue weighted by Gasteiger charge is -2.25. The van der Waals surface area contributed by atoms with Crippen LogP contribution in [0, 0.1) is 13.8 Å². The van der Waals surface area contributed by atoms with E-state index in [0.717, 1.165) is 24.6 Å². The zero-order chi connectivity index (χ0) is 12.5. The van der Waals surface area contributed by atoms with Crippen LogP contribution >= 0.6 is 11.3 Å². The van der Waals surface area contributed by atoms with Crippen LogP contribution in [0.4, 0.5) is 0 Å². The minimum atomic E-state index is 0.0211. The normalized spacial score (nSPS) is 26.4. The first-order chi connectivity index (χ1) is 8.00. The summed E-state index contributed by atoms with van der Waals surface area (Å²) < 4.78 is 5.78. The van der Waals surface area contributed by atoms with E-state index in [9.17, 15) is 0 Å². The number of nitrogens with one attached hydrogen (secondary N) is 1. The third-order valence-corrected chi connectivity index (χ3v) is 4.33. The molecular formula is C13H22N2OS. The van der Waals surface area contributed by atoms with Gasteiger partial charge in [-0.25, -0.2) is 4.98 Å². The average Bonchev–Trinajstić information content (AvgIpc) is 2.83. The molecule has 1 N–H and O–H groups in total. The average molecular weight is 254 g/mol. The van der Waals surface area contributed by atoms with Crippen molar-refractivity contribution >= 4 is 11.3 Å². The number of hydrogen-bond acceptors (Lipinski definition) is 4. The Kier molecular flexibility index (Phi) is 3.85. The highest BCUT2D eigenvalue weighted by atomic mass is 32.1. The molecule has 2 heterocycles. The molecule has 2 unspecified atom stereocenters. The monoisotopic (exact) mass is 254 g/mol. The van der Waals surface area contributed by atoms with Gasteiger partial charge >= 0.3 is 0 Å². The van der Waals surface area contributed by atoms with Crippen LogP contribution in [0.2, 0.25) is 0 Å². The fraction of sp³-hybridized carbons (Fsp3) is 0.769. The predicted molar refractivity (Wildman–Crippen MR) is 71.6 cm³/mol. The summed E-state index contributed by atoms with van der Waals surface area (Å²) in [6.07, 6.45) is 2.34. The Balaban J connectivity index is 1.93. The van der Waals surface area contributed by atoms with E-state index < -0.39 is 0 Å². The van der Waals surface area contributed by atoms with Crippen molar-refractivity contribution in [2.75, 3.05) is 13.2 Å². The maximum Gasteiger partial charge on any atom is 0.0900 e. The summed E-state index contributed by atoms with van der Waals surface area (Å²) >= 11 is 1.77. The second-order valence-corrected chi connectivity index (χ2v) is 6.59. The summed E-state index contributed by atoms with van der Waals surface area (Å²) in [6, 6.07) is 0.306. The van der Waals surface area contributed by atoms with Crippen molar-refractivity contribution in [3.05, 3.63) is 15.6 Å². The lowest BCUT2D eigenvalue weighted by molar-refractivity contribution is 0.0190. The van der Waals surface area contributed by atoms with Crippen molar-refractivity contribution in [2.45, 2.75) is 52.2 Å². The zero-order valence-electron chi connectivity index (χ0n) is 11.2. The van der Waals surface area contributed by atoms with Gasteiger partial charge in [0.05, 0.1) is 16.3 Å². The maximum absolute atomic E-state index is 5.78. The van der Waals surface area contributed by atoms with Crippen molar-refractivity contribution in [3.63, 3.8) is 0 Å². The van der Waals surface area contributed by atoms with Crippen molar-refractivity contribution in [3.8, 4) is 0 Å². The molecule has 1 aromatic rings. The number of hydrogen-bond donors (Lipinski definition) is 1. The Morgan fingerprint density at radius 1 is 1.53 bits per heavy atom. The molecular weight excluding hydrogens is 232 g/mol. The Hall–Kier alpha value is -0.450. The van der Waals surface area contributed by atoms with E-state index in [4.69, 9.17) is 4.74 Å². The molecule has 2 rings (SSSR count). The molecule has 0 spiro atoms. The molecule has 1 aliphatic heterocycles. The van der Waals surface area contributed by atoms with E-state index in [1.165, 1.54) is 17.0 Å². The van der Waals surface area contributed by atoms with Crippen LogP contribution in [0.5, 0.6) is 0 Å². The minimum Gasteiger partial charge on any atom is -0.374 e. The SMILES string of the molecule is Cc1nc(C(C)NCC2(C)CCCO2)c(C)s1. The minimum absolute atomic E-state index is 0.0211. The van der Waals surface area contributed by atoms with Crippen LogP contribution in [0.15, 0.2) is 0 Å². The number of aromatic nitrogens is 1. The van der Waals surface area contributed by atoms with E-state index in [0.29, 0.717) is 6.04 Å². The first kappa shape index (κ1) is 13.0. The van der Waals surface area contributed by atoms with Crippen molar-refractivity contribution < 1.29 is 4.74 Å². The van der Waals surface area contributed by atoms with Crippen LogP contribution in [0.25, 0.3) is 0 Å². The highest BCUT2D eigenvalue weighted by Crippen LogP contribution is 2.26. The molecule has 0 saturated carbocycles. The van der Waals surface area contributed by atoms with Crippen molar-refractivity contribution in [1.29, 1.82) is 0 Å². The van der Waals surface area contributed by atoms with E-state index in [-0.39, 0.29) is 5.60 Å². The Morgan fingerprint density at radius 3 is 2.82 bits per heavy atom. The van der Waals surface area contributed by atoms with Gasteiger partial charge in [0.2, 0.25) is 0 Å². The quantitative estimate of drug-likeness (QED) is 0.897. The first-order valence-corrected chi connectivity index (χ1v) is 7.13. The smallest absolute Gasteiger partial charge is 0.0900 e. The summed E-state index contributed by atoms with van der Waals surface area (Å²) in [5, 5.41) is 4.70. The van der Waals surface area contributed by atoms with Gasteiger partial charge in [0, 0.05) is 24.1 Å². The van der Waals surface area contributed by atoms with Gasteiger partial charge in [-0.05, 0) is 40.5 Å². The summed E-state index contributed by atoms with van der Waals surface area (Å²) in [5.74, 6) is 0. The second kappa shape index (κ2) is 5.04. The topological polar surface area (TPSA) is 34.2 Å². The molecule has 96 valence electrons. The molecule has 1 aliphatic rings. The fourth-order valence-electron chi connectivity index (χ4n) is 2.39. The number of ether oxygens (including phenoxy) is 1. The fourth-order valence-corrected chi connectivity index (χ4v) is 3.30. The molecule has 1 saturated heterocycles. The summed E-state index contributed by atoms with van der Waals surface area (Å²) in [6.45, 7) is 10.4. The molecule has 17 heavy (non-hydrogen) atoms. The van der Waals surface area contributed by atoms with Gasteiger partial charge in [0.15, 0.2) is 0 Å². The molecule has 0 amide bonds. The number of aryl methyl sites for hydroxylation is 2. The molecule has 1 aromatic heterocycles. The molecule has 0 radical (unpaired) electrons. The highest BCUT2D eigenvalue weighted by Gasteiger charge is 2.30. The molecule has 2 atom stereocenters. The summed E-state index contributed by atoms with van der Waals surface area (Å²) in [5.41, 5.74) is 1.21. The van der Waals surface area contributed by atoms with E-state index >= 15 is 0 Å². The molecule has 1 fully saturated rings.